The molecule has 0 aliphatic rings. The Balaban J connectivity index is 1.83. The van der Waals surface area contributed by atoms with Gasteiger partial charge in [0.1, 0.15) is 17.2 Å². The van der Waals surface area contributed by atoms with Crippen LogP contribution in [-0.4, -0.2) is 19.3 Å². The van der Waals surface area contributed by atoms with Crippen LogP contribution in [0.15, 0.2) is 48.5 Å². The summed E-state index contributed by atoms with van der Waals surface area (Å²) >= 11 is 0. The number of nitrogens with one attached hydrogen (secondary N) is 1. The topological polar surface area (TPSA) is 56.8 Å². The molecule has 24 heavy (non-hydrogen) atoms. The molecule has 128 valence electrons. The van der Waals surface area contributed by atoms with Gasteiger partial charge in [0, 0.05) is 5.69 Å². The van der Waals surface area contributed by atoms with Crippen molar-refractivity contribution < 1.29 is 19.0 Å². The van der Waals surface area contributed by atoms with E-state index in [1.165, 1.54) is 0 Å². The third-order valence-corrected chi connectivity index (χ3v) is 3.21. The molecule has 1 N–H and O–H groups in total. The van der Waals surface area contributed by atoms with Crippen LogP contribution in [0, 0.1) is 0 Å². The predicted octanol–water partition coefficient (Wildman–Crippen LogP) is 4.88. The van der Waals surface area contributed by atoms with Crippen LogP contribution in [-0.2, 0) is 0 Å². The average Bonchev–Trinajstić information content (AvgIpc) is 2.59. The normalized spacial score (nSPS) is 10.1. The van der Waals surface area contributed by atoms with E-state index in [9.17, 15) is 4.79 Å². The zero-order chi connectivity index (χ0) is 17.2. The molecule has 0 bridgehead atoms. The van der Waals surface area contributed by atoms with Gasteiger partial charge in [-0.2, -0.15) is 0 Å². The van der Waals surface area contributed by atoms with Crippen molar-refractivity contribution in [1.29, 1.82) is 0 Å². The maximum Gasteiger partial charge on any atom is 0.417 e. The van der Waals surface area contributed by atoms with Gasteiger partial charge in [-0.25, -0.2) is 4.79 Å². The molecule has 0 unspecified atom stereocenters. The Morgan fingerprint density at radius 1 is 0.875 bits per heavy atom. The first-order chi connectivity index (χ1) is 11.7. The summed E-state index contributed by atoms with van der Waals surface area (Å²) in [6, 6.07) is 14.1. The first kappa shape index (κ1) is 17.7. The van der Waals surface area contributed by atoms with Gasteiger partial charge < -0.3 is 14.2 Å². The molecule has 0 aliphatic carbocycles. The monoisotopic (exact) mass is 329 g/mol. The molecule has 0 aliphatic heterocycles. The summed E-state index contributed by atoms with van der Waals surface area (Å²) in [7, 11) is 0. The number of hydrogen-bond donors (Lipinski definition) is 1. The van der Waals surface area contributed by atoms with E-state index in [-0.39, 0.29) is 0 Å². The number of ether oxygens (including phenoxy) is 3. The lowest BCUT2D eigenvalue weighted by molar-refractivity contribution is 0.215. The van der Waals surface area contributed by atoms with E-state index in [0.29, 0.717) is 24.7 Å². The van der Waals surface area contributed by atoms with Crippen LogP contribution >= 0.6 is 0 Å². The number of amides is 1. The summed E-state index contributed by atoms with van der Waals surface area (Å²) in [6.45, 7) is 5.33. The molecule has 0 fully saturated rings. The summed E-state index contributed by atoms with van der Waals surface area (Å²) < 4.78 is 16.2. The van der Waals surface area contributed by atoms with Crippen LogP contribution in [0.5, 0.6) is 17.2 Å². The van der Waals surface area contributed by atoms with Crippen molar-refractivity contribution in [2.45, 2.75) is 26.7 Å². The molecule has 0 saturated heterocycles. The van der Waals surface area contributed by atoms with Crippen LogP contribution in [0.4, 0.5) is 10.5 Å². The fraction of sp³-hybridized carbons (Fsp3) is 0.316. The molecule has 0 aromatic heterocycles. The molecule has 5 heteroatoms. The van der Waals surface area contributed by atoms with Gasteiger partial charge >= 0.3 is 6.09 Å². The Labute approximate surface area is 142 Å². The number of carbonyl (C=O) groups excluding carboxylic acids is 1. The van der Waals surface area contributed by atoms with Gasteiger partial charge in [-0.05, 0) is 61.9 Å². The maximum atomic E-state index is 11.9. The highest BCUT2D eigenvalue weighted by Crippen LogP contribution is 2.19. The highest BCUT2D eigenvalue weighted by molar-refractivity contribution is 5.86. The molecule has 1 amide bonds. The lowest BCUT2D eigenvalue weighted by Crippen LogP contribution is -2.16. The Morgan fingerprint density at radius 2 is 1.46 bits per heavy atom. The summed E-state index contributed by atoms with van der Waals surface area (Å²) in [5.41, 5.74) is 0.642. The standard InChI is InChI=1S/C19H23NO4/c1-3-5-14-23-17-10-12-18(13-11-17)24-19(21)20-15-6-8-16(9-7-15)22-4-2/h6-13H,3-5,14H2,1-2H3,(H,20,21). The van der Waals surface area contributed by atoms with E-state index in [1.54, 1.807) is 48.5 Å². The van der Waals surface area contributed by atoms with Crippen molar-refractivity contribution in [1.82, 2.24) is 0 Å². The Morgan fingerprint density at radius 3 is 2.08 bits per heavy atom. The van der Waals surface area contributed by atoms with Crippen LogP contribution in [0.3, 0.4) is 0 Å². The number of anilines is 1. The highest BCUT2D eigenvalue weighted by atomic mass is 16.6. The zero-order valence-electron chi connectivity index (χ0n) is 14.1. The van der Waals surface area contributed by atoms with E-state index in [0.717, 1.165) is 24.3 Å². The van der Waals surface area contributed by atoms with E-state index in [4.69, 9.17) is 14.2 Å². The van der Waals surface area contributed by atoms with Crippen LogP contribution in [0.1, 0.15) is 26.7 Å². The SMILES string of the molecule is CCCCOc1ccc(OC(=O)Nc2ccc(OCC)cc2)cc1. The fourth-order valence-electron chi connectivity index (χ4n) is 1.99. The molecule has 0 atom stereocenters. The van der Waals surface area contributed by atoms with Crippen LogP contribution in [0.25, 0.3) is 0 Å². The third-order valence-electron chi connectivity index (χ3n) is 3.21. The van der Waals surface area contributed by atoms with Crippen molar-refractivity contribution >= 4 is 11.8 Å². The smallest absolute Gasteiger partial charge is 0.417 e. The first-order valence-electron chi connectivity index (χ1n) is 8.15. The largest absolute Gasteiger partial charge is 0.494 e. The number of carbonyl (C=O) groups is 1. The van der Waals surface area contributed by atoms with Crippen LogP contribution < -0.4 is 19.5 Å². The van der Waals surface area contributed by atoms with E-state index in [1.807, 2.05) is 6.92 Å². The molecule has 2 aromatic carbocycles. The van der Waals surface area contributed by atoms with Gasteiger partial charge in [-0.1, -0.05) is 13.3 Å². The van der Waals surface area contributed by atoms with E-state index < -0.39 is 6.09 Å². The minimum Gasteiger partial charge on any atom is -0.494 e. The number of unbranched alkanes of at least 4 members (excludes halogenated alkanes) is 1. The van der Waals surface area contributed by atoms with Gasteiger partial charge in [-0.15, -0.1) is 0 Å². The Hall–Kier alpha value is -2.69. The molecular formula is C19H23NO4. The highest BCUT2D eigenvalue weighted by Gasteiger charge is 2.06. The van der Waals surface area contributed by atoms with Crippen molar-refractivity contribution in [2.75, 3.05) is 18.5 Å². The molecule has 0 saturated carbocycles. The van der Waals surface area contributed by atoms with Crippen molar-refractivity contribution in [3.63, 3.8) is 0 Å². The van der Waals surface area contributed by atoms with E-state index >= 15 is 0 Å². The maximum absolute atomic E-state index is 11.9. The minimum absolute atomic E-state index is 0.460. The Bertz CT molecular complexity index is 623. The summed E-state index contributed by atoms with van der Waals surface area (Å²) in [6.07, 6.45) is 1.56. The van der Waals surface area contributed by atoms with Crippen molar-refractivity contribution in [3.05, 3.63) is 48.5 Å². The van der Waals surface area contributed by atoms with Gasteiger partial charge in [0.15, 0.2) is 0 Å². The summed E-state index contributed by atoms with van der Waals surface area (Å²) in [4.78, 5) is 11.9. The summed E-state index contributed by atoms with van der Waals surface area (Å²) in [5.74, 6) is 1.99. The van der Waals surface area contributed by atoms with Crippen molar-refractivity contribution in [2.24, 2.45) is 0 Å². The van der Waals surface area contributed by atoms with Gasteiger partial charge in [-0.3, -0.25) is 5.32 Å². The molecule has 2 aromatic rings. The quantitative estimate of drug-likeness (QED) is 0.702. The second kappa shape index (κ2) is 9.45. The van der Waals surface area contributed by atoms with E-state index in [2.05, 4.69) is 12.2 Å². The average molecular weight is 329 g/mol. The predicted molar refractivity (Wildman–Crippen MR) is 94.1 cm³/mol. The van der Waals surface area contributed by atoms with Gasteiger partial charge in [0.25, 0.3) is 0 Å². The van der Waals surface area contributed by atoms with Crippen LogP contribution in [0.2, 0.25) is 0 Å². The lowest BCUT2D eigenvalue weighted by atomic mass is 10.3. The van der Waals surface area contributed by atoms with Crippen molar-refractivity contribution in [3.8, 4) is 17.2 Å². The zero-order valence-corrected chi connectivity index (χ0v) is 14.1. The molecule has 0 radical (unpaired) electrons. The second-order valence-corrected chi connectivity index (χ2v) is 5.15. The van der Waals surface area contributed by atoms with Gasteiger partial charge in [0.05, 0.1) is 13.2 Å². The second-order valence-electron chi connectivity index (χ2n) is 5.15. The number of rotatable bonds is 8. The Kier molecular flexibility index (Phi) is 6.95. The van der Waals surface area contributed by atoms with Gasteiger partial charge in [0.2, 0.25) is 0 Å². The lowest BCUT2D eigenvalue weighted by Gasteiger charge is -2.09. The number of benzene rings is 2. The first-order valence-corrected chi connectivity index (χ1v) is 8.15. The molecular weight excluding hydrogens is 306 g/mol. The summed E-state index contributed by atoms with van der Waals surface area (Å²) in [5, 5.41) is 2.67. The molecule has 5 nitrogen and oxygen atoms in total. The minimum atomic E-state index is -0.543. The number of hydrogen-bond acceptors (Lipinski definition) is 4. The fourth-order valence-corrected chi connectivity index (χ4v) is 1.99. The molecule has 2 rings (SSSR count). The molecule has 0 spiro atoms. The molecule has 0 heterocycles. The third kappa shape index (κ3) is 5.83.